The second-order valence-electron chi connectivity index (χ2n) is 9.13. The molecule has 0 bridgehead atoms. The molecule has 1 aliphatic heterocycles. The number of rotatable bonds is 7. The van der Waals surface area contributed by atoms with Crippen molar-refractivity contribution in [1.82, 2.24) is 19.6 Å². The molecule has 3 amide bonds. The summed E-state index contributed by atoms with van der Waals surface area (Å²) in [5.41, 5.74) is 6.69. The van der Waals surface area contributed by atoms with Gasteiger partial charge in [-0.05, 0) is 46.5 Å². The number of carbonyl (C=O) groups excluding carboxylic acids is 3. The van der Waals surface area contributed by atoms with Crippen LogP contribution in [0.15, 0.2) is 67.0 Å². The first kappa shape index (κ1) is 25.9. The summed E-state index contributed by atoms with van der Waals surface area (Å²) >= 11 is 0. The molecule has 3 N–H and O–H groups in total. The number of halogens is 3. The number of nitrogens with two attached hydrogens (primary N) is 1. The molecule has 0 fully saturated rings. The van der Waals surface area contributed by atoms with Crippen LogP contribution in [0.4, 0.5) is 13.2 Å². The third-order valence-corrected chi connectivity index (χ3v) is 6.71. The molecule has 39 heavy (non-hydrogen) atoms. The Morgan fingerprint density at radius 2 is 1.82 bits per heavy atom. The van der Waals surface area contributed by atoms with Crippen molar-refractivity contribution in [2.24, 2.45) is 5.73 Å². The van der Waals surface area contributed by atoms with Crippen LogP contribution in [0, 0.1) is 0 Å². The summed E-state index contributed by atoms with van der Waals surface area (Å²) in [5.74, 6) is -0.618. The normalized spacial score (nSPS) is 14.7. The third kappa shape index (κ3) is 4.70. The molecule has 1 atom stereocenters. The Hall–Kier alpha value is -4.71. The maximum Gasteiger partial charge on any atom is 0.434 e. The van der Waals surface area contributed by atoms with E-state index in [-0.39, 0.29) is 31.1 Å². The van der Waals surface area contributed by atoms with Gasteiger partial charge in [0, 0.05) is 24.5 Å². The third-order valence-electron chi connectivity index (χ3n) is 6.71. The van der Waals surface area contributed by atoms with Gasteiger partial charge in [-0.2, -0.15) is 13.2 Å². The van der Waals surface area contributed by atoms with Crippen LogP contribution in [0.1, 0.15) is 27.2 Å². The highest BCUT2D eigenvalue weighted by molar-refractivity contribution is 6.00. The number of benzene rings is 2. The molecule has 9 nitrogen and oxygen atoms in total. The maximum absolute atomic E-state index is 13.1. The molecule has 0 spiro atoms. The van der Waals surface area contributed by atoms with Crippen molar-refractivity contribution in [2.45, 2.75) is 18.3 Å². The number of pyridine rings is 1. The van der Waals surface area contributed by atoms with E-state index in [0.29, 0.717) is 28.0 Å². The number of amides is 3. The maximum atomic E-state index is 13.1. The number of alkyl halides is 3. The van der Waals surface area contributed by atoms with E-state index in [1.165, 1.54) is 28.7 Å². The molecule has 0 saturated heterocycles. The predicted octanol–water partition coefficient (Wildman–Crippen LogP) is 3.11. The van der Waals surface area contributed by atoms with Gasteiger partial charge in [0.25, 0.3) is 11.8 Å². The number of methoxy groups -OCH3 is 1. The highest BCUT2D eigenvalue weighted by Gasteiger charge is 2.41. The fourth-order valence-corrected chi connectivity index (χ4v) is 4.63. The van der Waals surface area contributed by atoms with E-state index in [4.69, 9.17) is 10.5 Å². The highest BCUT2D eigenvalue weighted by atomic mass is 19.4. The van der Waals surface area contributed by atoms with E-state index in [1.807, 2.05) is 0 Å². The minimum Gasteiger partial charge on any atom is -0.497 e. The molecule has 0 saturated carbocycles. The van der Waals surface area contributed by atoms with E-state index in [0.717, 1.165) is 11.8 Å². The summed E-state index contributed by atoms with van der Waals surface area (Å²) in [6.07, 6.45) is -1.93. The van der Waals surface area contributed by atoms with E-state index in [1.54, 1.807) is 48.5 Å². The van der Waals surface area contributed by atoms with Crippen molar-refractivity contribution in [3.8, 4) is 16.9 Å². The van der Waals surface area contributed by atoms with Crippen molar-refractivity contribution in [3.63, 3.8) is 0 Å². The van der Waals surface area contributed by atoms with Gasteiger partial charge in [-0.25, -0.2) is 4.98 Å². The number of aromatic nitrogens is 2. The molecule has 3 heterocycles. The van der Waals surface area contributed by atoms with Crippen molar-refractivity contribution in [1.29, 1.82) is 0 Å². The molecule has 4 aromatic rings. The van der Waals surface area contributed by atoms with Crippen LogP contribution < -0.4 is 15.8 Å². The van der Waals surface area contributed by atoms with E-state index >= 15 is 0 Å². The Labute approximate surface area is 220 Å². The monoisotopic (exact) mass is 537 g/mol. The molecular weight excluding hydrogens is 515 g/mol. The first-order chi connectivity index (χ1) is 18.5. The van der Waals surface area contributed by atoms with Gasteiger partial charge >= 0.3 is 6.18 Å². The van der Waals surface area contributed by atoms with Gasteiger partial charge < -0.3 is 19.8 Å². The minimum atomic E-state index is -4.56. The molecule has 2 aromatic carbocycles. The molecular formula is C27H22F3N5O4. The molecule has 0 unspecified atom stereocenters. The van der Waals surface area contributed by atoms with Crippen molar-refractivity contribution >= 4 is 23.9 Å². The number of hydrogen-bond acceptors (Lipinski definition) is 6. The van der Waals surface area contributed by atoms with Crippen LogP contribution in [0.3, 0.4) is 0 Å². The van der Waals surface area contributed by atoms with Gasteiger partial charge in [-0.3, -0.25) is 19.7 Å². The van der Waals surface area contributed by atoms with Crippen molar-refractivity contribution in [3.05, 3.63) is 89.4 Å². The summed E-state index contributed by atoms with van der Waals surface area (Å²) in [4.78, 5) is 42.2. The van der Waals surface area contributed by atoms with Crippen LogP contribution in [0.25, 0.3) is 16.8 Å². The van der Waals surface area contributed by atoms with E-state index in [9.17, 15) is 27.6 Å². The lowest BCUT2D eigenvalue weighted by Crippen LogP contribution is -2.57. The topological polar surface area (TPSA) is 119 Å². The number of fused-ring (bicyclic) bond motifs is 2. The fourth-order valence-electron chi connectivity index (χ4n) is 4.63. The fraction of sp³-hybridized carbons (Fsp3) is 0.185. The minimum absolute atomic E-state index is 0.142. The number of imide groups is 1. The quantitative estimate of drug-likeness (QED) is 0.350. The zero-order chi connectivity index (χ0) is 27.9. The number of imidazole rings is 1. The Kier molecular flexibility index (Phi) is 6.35. The molecule has 5 rings (SSSR count). The average molecular weight is 537 g/mol. The smallest absolute Gasteiger partial charge is 0.434 e. The number of nitrogens with one attached hydrogen (secondary N) is 1. The molecule has 0 radical (unpaired) electrons. The molecule has 0 aliphatic carbocycles. The molecule has 2 aromatic heterocycles. The second-order valence-corrected chi connectivity index (χ2v) is 9.13. The lowest BCUT2D eigenvalue weighted by atomic mass is 9.88. The number of nitrogens with zero attached hydrogens (tertiary/aromatic N) is 3. The van der Waals surface area contributed by atoms with Crippen LogP contribution >= 0.6 is 0 Å². The number of carbonyl (C=O) groups is 3. The Balaban J connectivity index is 1.44. The van der Waals surface area contributed by atoms with Crippen LogP contribution in [0.2, 0.25) is 0 Å². The molecule has 12 heteroatoms. The van der Waals surface area contributed by atoms with Crippen molar-refractivity contribution < 1.29 is 32.3 Å². The first-order valence-corrected chi connectivity index (χ1v) is 11.7. The lowest BCUT2D eigenvalue weighted by Gasteiger charge is -2.32. The van der Waals surface area contributed by atoms with Gasteiger partial charge in [-0.1, -0.05) is 30.3 Å². The largest absolute Gasteiger partial charge is 0.497 e. The van der Waals surface area contributed by atoms with Gasteiger partial charge in [0.2, 0.25) is 6.41 Å². The Morgan fingerprint density at radius 3 is 2.49 bits per heavy atom. The highest BCUT2D eigenvalue weighted by Crippen LogP contribution is 2.32. The Bertz CT molecular complexity index is 1600. The van der Waals surface area contributed by atoms with E-state index < -0.39 is 23.3 Å². The van der Waals surface area contributed by atoms with Gasteiger partial charge in [0.1, 0.15) is 16.9 Å². The van der Waals surface area contributed by atoms with Gasteiger partial charge in [-0.15, -0.1) is 0 Å². The summed E-state index contributed by atoms with van der Waals surface area (Å²) in [6.45, 7) is -0.00252. The Morgan fingerprint density at radius 1 is 1.10 bits per heavy atom. The zero-order valence-corrected chi connectivity index (χ0v) is 20.5. The zero-order valence-electron chi connectivity index (χ0n) is 20.5. The summed E-state index contributed by atoms with van der Waals surface area (Å²) < 4.78 is 45.6. The lowest BCUT2D eigenvalue weighted by molar-refractivity contribution is -0.140. The SMILES string of the molecule is COc1ccc2c(c1)C(=O)N(C[C@@](N)(C(=O)NC=O)c1ccc(-c3ccc4nc(C(F)(F)F)cn4c3)cc1)C2. The van der Waals surface area contributed by atoms with Crippen LogP contribution in [0.5, 0.6) is 5.75 Å². The number of ether oxygens (including phenoxy) is 1. The standard InChI is InChI=1S/C27H22F3N5O4/c1-39-20-8-4-18-12-35(24(37)21(18)10-20)14-26(31,25(38)32-15-36)19-6-2-16(3-7-19)17-5-9-23-33-22(27(28,29)30)13-34(23)11-17/h2-11,13,15H,12,14,31H2,1H3,(H,32,36,38)/t26-/m0/s1. The predicted molar refractivity (Wildman–Crippen MR) is 133 cm³/mol. The summed E-state index contributed by atoms with van der Waals surface area (Å²) in [6, 6.07) is 14.7. The van der Waals surface area contributed by atoms with Gasteiger partial charge in [0.05, 0.1) is 13.7 Å². The van der Waals surface area contributed by atoms with Crippen LogP contribution in [-0.4, -0.2) is 46.2 Å². The van der Waals surface area contributed by atoms with E-state index in [2.05, 4.69) is 10.3 Å². The summed E-state index contributed by atoms with van der Waals surface area (Å²) in [7, 11) is 1.49. The summed E-state index contributed by atoms with van der Waals surface area (Å²) in [5, 5.41) is 2.09. The molecule has 1 aliphatic rings. The average Bonchev–Trinajstić information content (AvgIpc) is 3.49. The number of hydrogen-bond donors (Lipinski definition) is 2. The first-order valence-electron chi connectivity index (χ1n) is 11.7. The van der Waals surface area contributed by atoms with Crippen LogP contribution in [-0.2, 0) is 27.8 Å². The second kappa shape index (κ2) is 9.55. The van der Waals surface area contributed by atoms with Gasteiger partial charge in [0.15, 0.2) is 5.69 Å². The molecule has 200 valence electrons. The van der Waals surface area contributed by atoms with Crippen molar-refractivity contribution in [2.75, 3.05) is 13.7 Å².